The van der Waals surface area contributed by atoms with Gasteiger partial charge in [-0.1, -0.05) is 62.2 Å². The lowest BCUT2D eigenvalue weighted by atomic mass is 10.1. The number of sulfonamides is 1. The highest BCUT2D eigenvalue weighted by atomic mass is 35.5. The van der Waals surface area contributed by atoms with Gasteiger partial charge >= 0.3 is 0 Å². The molecule has 0 heterocycles. The van der Waals surface area contributed by atoms with E-state index >= 15 is 0 Å². The number of carbonyl (C=O) groups is 2. The van der Waals surface area contributed by atoms with Gasteiger partial charge in [0.05, 0.1) is 11.9 Å². The van der Waals surface area contributed by atoms with Gasteiger partial charge in [0.2, 0.25) is 21.8 Å². The van der Waals surface area contributed by atoms with E-state index in [4.69, 9.17) is 11.6 Å². The first-order valence-corrected chi connectivity index (χ1v) is 13.7. The molecule has 0 fully saturated rings. The summed E-state index contributed by atoms with van der Waals surface area (Å²) in [7, 11) is -3.75. The summed E-state index contributed by atoms with van der Waals surface area (Å²) < 4.78 is 26.4. The molecule has 2 aromatic rings. The lowest BCUT2D eigenvalue weighted by molar-refractivity contribution is -0.140. The minimum atomic E-state index is -3.75. The molecule has 0 aliphatic rings. The zero-order chi connectivity index (χ0) is 25.3. The van der Waals surface area contributed by atoms with E-state index in [0.29, 0.717) is 23.7 Å². The molecule has 2 rings (SSSR count). The number of nitrogens with zero attached hydrogens (tertiary/aromatic N) is 2. The van der Waals surface area contributed by atoms with E-state index in [1.165, 1.54) is 4.90 Å². The molecule has 0 aliphatic heterocycles. The van der Waals surface area contributed by atoms with Gasteiger partial charge in [0.1, 0.15) is 12.6 Å². The van der Waals surface area contributed by atoms with Crippen LogP contribution < -0.4 is 9.62 Å². The van der Waals surface area contributed by atoms with Crippen molar-refractivity contribution in [2.24, 2.45) is 0 Å². The molecule has 0 saturated heterocycles. The van der Waals surface area contributed by atoms with Crippen LogP contribution in [0, 0.1) is 6.92 Å². The monoisotopic (exact) mass is 507 g/mol. The number of aryl methyl sites for hydroxylation is 1. The minimum absolute atomic E-state index is 0.154. The zero-order valence-corrected chi connectivity index (χ0v) is 21.8. The molecule has 1 atom stereocenters. The Balaban J connectivity index is 2.40. The molecule has 9 heteroatoms. The average molecular weight is 508 g/mol. The van der Waals surface area contributed by atoms with Crippen LogP contribution >= 0.6 is 11.6 Å². The number of hydrogen-bond donors (Lipinski definition) is 1. The Morgan fingerprint density at radius 1 is 1.06 bits per heavy atom. The van der Waals surface area contributed by atoms with Crippen molar-refractivity contribution >= 4 is 39.1 Å². The van der Waals surface area contributed by atoms with Gasteiger partial charge in [0, 0.05) is 18.1 Å². The number of anilines is 1. The number of hydrogen-bond acceptors (Lipinski definition) is 4. The van der Waals surface area contributed by atoms with E-state index in [1.807, 2.05) is 19.9 Å². The number of halogens is 1. The topological polar surface area (TPSA) is 86.8 Å². The van der Waals surface area contributed by atoms with Gasteiger partial charge in [0.15, 0.2) is 0 Å². The molecule has 2 aromatic carbocycles. The van der Waals surface area contributed by atoms with Crippen molar-refractivity contribution in [2.45, 2.75) is 52.6 Å². The first kappa shape index (κ1) is 27.7. The van der Waals surface area contributed by atoms with E-state index in [0.717, 1.165) is 34.5 Å². The Morgan fingerprint density at radius 3 is 2.26 bits per heavy atom. The van der Waals surface area contributed by atoms with Crippen molar-refractivity contribution in [3.8, 4) is 0 Å². The second-order valence-corrected chi connectivity index (χ2v) is 10.6. The molecule has 0 radical (unpaired) electrons. The van der Waals surface area contributed by atoms with Gasteiger partial charge in [-0.3, -0.25) is 13.9 Å². The number of nitrogens with one attached hydrogen (secondary N) is 1. The number of benzene rings is 2. The average Bonchev–Trinajstić information content (AvgIpc) is 2.78. The molecule has 0 spiro atoms. The van der Waals surface area contributed by atoms with E-state index in [-0.39, 0.29) is 12.5 Å². The number of carbonyl (C=O) groups excluding carboxylic acids is 2. The highest BCUT2D eigenvalue weighted by molar-refractivity contribution is 7.92. The van der Waals surface area contributed by atoms with E-state index < -0.39 is 28.5 Å². The van der Waals surface area contributed by atoms with Crippen LogP contribution in [-0.2, 0) is 26.2 Å². The quantitative estimate of drug-likeness (QED) is 0.437. The van der Waals surface area contributed by atoms with Crippen LogP contribution in [0.5, 0.6) is 0 Å². The van der Waals surface area contributed by atoms with E-state index in [1.54, 1.807) is 49.4 Å². The van der Waals surface area contributed by atoms with Crippen LogP contribution in [0.2, 0.25) is 5.02 Å². The number of unbranched alkanes of at least 4 members (excludes halogenated alkanes) is 1. The Morgan fingerprint density at radius 2 is 1.71 bits per heavy atom. The van der Waals surface area contributed by atoms with Crippen molar-refractivity contribution in [3.63, 3.8) is 0 Å². The lowest BCUT2D eigenvalue weighted by Gasteiger charge is -2.33. The Bertz CT molecular complexity index is 1070. The maximum absolute atomic E-state index is 13.6. The molecular formula is C25H34ClN3O4S. The van der Waals surface area contributed by atoms with Crippen molar-refractivity contribution < 1.29 is 18.0 Å². The van der Waals surface area contributed by atoms with Crippen LogP contribution in [0.4, 0.5) is 5.69 Å². The summed E-state index contributed by atoms with van der Waals surface area (Å²) in [5, 5.41) is 3.47. The highest BCUT2D eigenvalue weighted by Crippen LogP contribution is 2.23. The summed E-state index contributed by atoms with van der Waals surface area (Å²) in [6.07, 6.45) is 3.23. The molecule has 0 aliphatic carbocycles. The Kier molecular flexibility index (Phi) is 10.4. The third kappa shape index (κ3) is 7.74. The summed E-state index contributed by atoms with van der Waals surface area (Å²) in [5.41, 5.74) is 1.96. The summed E-state index contributed by atoms with van der Waals surface area (Å²) in [4.78, 5) is 28.1. The SMILES string of the molecule is CCCCNC(=O)[C@@H](CC)N(Cc1ccc(Cl)cc1)C(=O)CN(c1ccccc1C)S(C)(=O)=O. The van der Waals surface area contributed by atoms with E-state index in [2.05, 4.69) is 5.32 Å². The molecule has 0 bridgehead atoms. The van der Waals surface area contributed by atoms with Crippen LogP contribution in [0.3, 0.4) is 0 Å². The van der Waals surface area contributed by atoms with Gasteiger partial charge < -0.3 is 10.2 Å². The second-order valence-electron chi connectivity index (χ2n) is 8.27. The maximum Gasteiger partial charge on any atom is 0.244 e. The Labute approximate surface area is 208 Å². The molecule has 186 valence electrons. The van der Waals surface area contributed by atoms with Crippen molar-refractivity contribution in [3.05, 3.63) is 64.7 Å². The third-order valence-electron chi connectivity index (χ3n) is 5.54. The summed E-state index contributed by atoms with van der Waals surface area (Å²) >= 11 is 6.01. The molecule has 1 N–H and O–H groups in total. The predicted molar refractivity (Wildman–Crippen MR) is 137 cm³/mol. The molecular weight excluding hydrogens is 474 g/mol. The second kappa shape index (κ2) is 12.8. The van der Waals surface area contributed by atoms with Crippen molar-refractivity contribution in [1.82, 2.24) is 10.2 Å². The smallest absolute Gasteiger partial charge is 0.244 e. The van der Waals surface area contributed by atoms with Crippen molar-refractivity contribution in [2.75, 3.05) is 23.7 Å². The van der Waals surface area contributed by atoms with Gasteiger partial charge in [-0.2, -0.15) is 0 Å². The number of rotatable bonds is 12. The molecule has 0 aromatic heterocycles. The van der Waals surface area contributed by atoms with Gasteiger partial charge in [-0.25, -0.2) is 8.42 Å². The van der Waals surface area contributed by atoms with Crippen molar-refractivity contribution in [1.29, 1.82) is 0 Å². The van der Waals surface area contributed by atoms with Crippen LogP contribution in [0.25, 0.3) is 0 Å². The molecule has 0 unspecified atom stereocenters. The number of para-hydroxylation sites is 1. The normalized spacial score (nSPS) is 12.1. The van der Waals surface area contributed by atoms with E-state index in [9.17, 15) is 18.0 Å². The minimum Gasteiger partial charge on any atom is -0.354 e. The lowest BCUT2D eigenvalue weighted by Crippen LogP contribution is -2.52. The fourth-order valence-electron chi connectivity index (χ4n) is 3.65. The van der Waals surface area contributed by atoms with Gasteiger partial charge in [0.25, 0.3) is 0 Å². The standard InChI is InChI=1S/C25H34ClN3O4S/c1-5-7-16-27-25(31)22(6-2)28(17-20-12-14-21(26)15-13-20)24(30)18-29(34(4,32)33)23-11-9-8-10-19(23)3/h8-15,22H,5-7,16-18H2,1-4H3,(H,27,31)/t22-/m1/s1. The fourth-order valence-corrected chi connectivity index (χ4v) is 4.68. The van der Waals surface area contributed by atoms with Crippen LogP contribution in [0.15, 0.2) is 48.5 Å². The molecule has 7 nitrogen and oxygen atoms in total. The molecule has 34 heavy (non-hydrogen) atoms. The molecule has 0 saturated carbocycles. The summed E-state index contributed by atoms with van der Waals surface area (Å²) in [6.45, 7) is 5.93. The van der Waals surface area contributed by atoms with Gasteiger partial charge in [-0.15, -0.1) is 0 Å². The summed E-state index contributed by atoms with van der Waals surface area (Å²) in [5.74, 6) is -0.707. The number of amides is 2. The zero-order valence-electron chi connectivity index (χ0n) is 20.3. The Hall–Kier alpha value is -2.58. The first-order chi connectivity index (χ1) is 16.1. The van der Waals surface area contributed by atoms with Gasteiger partial charge in [-0.05, 0) is 49.1 Å². The third-order valence-corrected chi connectivity index (χ3v) is 6.92. The molecule has 2 amide bonds. The summed E-state index contributed by atoms with van der Waals surface area (Å²) in [6, 6.07) is 13.3. The first-order valence-electron chi connectivity index (χ1n) is 11.4. The van der Waals surface area contributed by atoms with Crippen LogP contribution in [-0.4, -0.2) is 50.5 Å². The fraction of sp³-hybridized carbons (Fsp3) is 0.440. The largest absolute Gasteiger partial charge is 0.354 e. The van der Waals surface area contributed by atoms with Crippen LogP contribution in [0.1, 0.15) is 44.2 Å². The maximum atomic E-state index is 13.6. The predicted octanol–water partition coefficient (Wildman–Crippen LogP) is 4.14. The highest BCUT2D eigenvalue weighted by Gasteiger charge is 2.31.